The second kappa shape index (κ2) is 8.26. The fourth-order valence-electron chi connectivity index (χ4n) is 3.73. The molecular formula is C19H19ClF3N5O4. The fourth-order valence-corrected chi connectivity index (χ4v) is 3.96. The van der Waals surface area contributed by atoms with Crippen LogP contribution >= 0.6 is 11.6 Å². The lowest BCUT2D eigenvalue weighted by Crippen LogP contribution is -2.39. The maximum Gasteiger partial charge on any atom is 0.417 e. The highest BCUT2D eigenvalue weighted by Crippen LogP contribution is 2.36. The third kappa shape index (κ3) is 4.12. The Balaban J connectivity index is 1.56. The molecule has 32 heavy (non-hydrogen) atoms. The number of carbonyl (C=O) groups is 2. The lowest BCUT2D eigenvalue weighted by Gasteiger charge is -2.27. The van der Waals surface area contributed by atoms with E-state index in [0.717, 1.165) is 17.2 Å². The first-order valence-corrected chi connectivity index (χ1v) is 10.0. The highest BCUT2D eigenvalue weighted by atomic mass is 35.5. The summed E-state index contributed by atoms with van der Waals surface area (Å²) in [6, 6.07) is 2.50. The topological polar surface area (TPSA) is 99.9 Å². The van der Waals surface area contributed by atoms with Crippen molar-refractivity contribution in [1.82, 2.24) is 19.7 Å². The molecular weight excluding hydrogens is 455 g/mol. The summed E-state index contributed by atoms with van der Waals surface area (Å²) in [4.78, 5) is 32.3. The van der Waals surface area contributed by atoms with Gasteiger partial charge in [0.05, 0.1) is 36.0 Å². The summed E-state index contributed by atoms with van der Waals surface area (Å²) in [5.74, 6) is -0.468. The third-order valence-electron chi connectivity index (χ3n) is 5.29. The predicted molar refractivity (Wildman–Crippen MR) is 106 cm³/mol. The number of nitrogens with zero attached hydrogens (tertiary/aromatic N) is 4. The molecule has 0 saturated carbocycles. The highest BCUT2D eigenvalue weighted by molar-refractivity contribution is 6.31. The van der Waals surface area contributed by atoms with Gasteiger partial charge in [-0.3, -0.25) is 14.3 Å². The van der Waals surface area contributed by atoms with Crippen LogP contribution in [0.3, 0.4) is 0 Å². The molecule has 1 unspecified atom stereocenters. The van der Waals surface area contributed by atoms with Gasteiger partial charge < -0.3 is 15.3 Å². The number of benzene rings is 1. The van der Waals surface area contributed by atoms with Crippen LogP contribution in [-0.2, 0) is 30.5 Å². The molecule has 2 aliphatic rings. The van der Waals surface area contributed by atoms with Crippen molar-refractivity contribution < 1.29 is 32.7 Å². The Labute approximate surface area is 185 Å². The first kappa shape index (κ1) is 22.4. The van der Waals surface area contributed by atoms with Gasteiger partial charge in [0.25, 0.3) is 5.91 Å². The number of nitrogens with one attached hydrogen (secondary N) is 1. The molecule has 13 heteroatoms. The first-order chi connectivity index (χ1) is 15.1. The van der Waals surface area contributed by atoms with E-state index < -0.39 is 34.8 Å². The predicted octanol–water partition coefficient (Wildman–Crippen LogP) is 2.52. The zero-order valence-corrected chi connectivity index (χ0v) is 17.6. The number of fused-ring (bicyclic) bond motifs is 3. The van der Waals surface area contributed by atoms with E-state index in [2.05, 4.69) is 10.4 Å². The van der Waals surface area contributed by atoms with E-state index >= 15 is 0 Å². The summed E-state index contributed by atoms with van der Waals surface area (Å²) >= 11 is 5.62. The number of carbonyl (C=O) groups excluding carboxylic acids is 2. The van der Waals surface area contributed by atoms with Gasteiger partial charge in [-0.1, -0.05) is 11.6 Å². The van der Waals surface area contributed by atoms with Crippen LogP contribution in [-0.4, -0.2) is 63.1 Å². The minimum atomic E-state index is -4.66. The molecule has 1 atom stereocenters. The van der Waals surface area contributed by atoms with E-state index in [1.165, 1.54) is 22.7 Å². The zero-order valence-electron chi connectivity index (χ0n) is 16.8. The first-order valence-electron chi connectivity index (χ1n) is 9.65. The molecule has 172 valence electrons. The van der Waals surface area contributed by atoms with Gasteiger partial charge in [0.2, 0.25) is 0 Å². The Morgan fingerprint density at radius 1 is 1.41 bits per heavy atom. The fraction of sp³-hybridized carbons (Fsp3) is 0.421. The van der Waals surface area contributed by atoms with Crippen molar-refractivity contribution in [3.63, 3.8) is 0 Å². The average molecular weight is 474 g/mol. The number of halogens is 4. The van der Waals surface area contributed by atoms with Gasteiger partial charge in [0.1, 0.15) is 11.8 Å². The molecule has 0 radical (unpaired) electrons. The second-order valence-electron chi connectivity index (χ2n) is 7.46. The van der Waals surface area contributed by atoms with Gasteiger partial charge >= 0.3 is 12.2 Å². The van der Waals surface area contributed by atoms with E-state index in [0.29, 0.717) is 17.7 Å². The average Bonchev–Trinajstić information content (AvgIpc) is 3.04. The Bertz CT molecular complexity index is 1070. The van der Waals surface area contributed by atoms with Crippen molar-refractivity contribution in [1.29, 1.82) is 0 Å². The normalized spacial score (nSPS) is 18.8. The Kier molecular flexibility index (Phi) is 5.77. The van der Waals surface area contributed by atoms with Crippen LogP contribution in [0.25, 0.3) is 0 Å². The Morgan fingerprint density at radius 2 is 2.16 bits per heavy atom. The lowest BCUT2D eigenvalue weighted by molar-refractivity contribution is -0.159. The number of aliphatic hydroxyl groups is 1. The van der Waals surface area contributed by atoms with Crippen LogP contribution in [0.2, 0.25) is 5.02 Å². The molecule has 9 nitrogen and oxygen atoms in total. The van der Waals surface area contributed by atoms with Gasteiger partial charge in [-0.15, -0.1) is 0 Å². The molecule has 0 aliphatic carbocycles. The van der Waals surface area contributed by atoms with E-state index in [1.54, 1.807) is 0 Å². The number of urea groups is 1. The maximum absolute atomic E-state index is 13.1. The summed E-state index contributed by atoms with van der Waals surface area (Å²) in [6.07, 6.45) is -4.95. The Hall–Kier alpha value is -2.83. The van der Waals surface area contributed by atoms with Gasteiger partial charge in [0.15, 0.2) is 0 Å². The molecule has 0 spiro atoms. The van der Waals surface area contributed by atoms with Gasteiger partial charge in [0, 0.05) is 31.3 Å². The minimum absolute atomic E-state index is 0.0413. The molecule has 3 heterocycles. The van der Waals surface area contributed by atoms with Gasteiger partial charge in [-0.2, -0.15) is 18.3 Å². The molecule has 0 bridgehead atoms. The molecule has 2 N–H and O–H groups in total. The monoisotopic (exact) mass is 473 g/mol. The standard InChI is InChI=1S/C19H19ClF3N5O4/c1-26-17(30)16-12-8-27(5-4-15(12)25-28(16)7-11(9-29)32-26)18(31)24-10-2-3-14(20)13(6-10)19(21,22)23/h2-3,6,11,29H,4-5,7-9H2,1H3,(H,24,31). The number of rotatable bonds is 2. The van der Waals surface area contributed by atoms with Crippen LogP contribution in [0.4, 0.5) is 23.7 Å². The maximum atomic E-state index is 13.1. The summed E-state index contributed by atoms with van der Waals surface area (Å²) in [7, 11) is 1.42. The Morgan fingerprint density at radius 3 is 2.84 bits per heavy atom. The van der Waals surface area contributed by atoms with Crippen LogP contribution in [0, 0.1) is 0 Å². The largest absolute Gasteiger partial charge is 0.417 e. The summed E-state index contributed by atoms with van der Waals surface area (Å²) in [5, 5.41) is 16.9. The molecule has 1 aromatic carbocycles. The minimum Gasteiger partial charge on any atom is -0.393 e. The summed E-state index contributed by atoms with van der Waals surface area (Å²) < 4.78 is 40.7. The third-order valence-corrected chi connectivity index (χ3v) is 5.62. The van der Waals surface area contributed by atoms with Crippen molar-refractivity contribution in [3.05, 3.63) is 45.7 Å². The van der Waals surface area contributed by atoms with Crippen molar-refractivity contribution in [3.8, 4) is 0 Å². The van der Waals surface area contributed by atoms with Gasteiger partial charge in [-0.25, -0.2) is 9.86 Å². The summed E-state index contributed by atoms with van der Waals surface area (Å²) in [5.41, 5.74) is 0.336. The summed E-state index contributed by atoms with van der Waals surface area (Å²) in [6.45, 7) is 0.155. The smallest absolute Gasteiger partial charge is 0.393 e. The molecule has 0 fully saturated rings. The van der Waals surface area contributed by atoms with Crippen molar-refractivity contribution in [2.24, 2.45) is 0 Å². The highest BCUT2D eigenvalue weighted by Gasteiger charge is 2.36. The SMILES string of the molecule is CN1OC(CO)Cn2nc3c(c2C1=O)CN(C(=O)Nc1ccc(Cl)c(C(F)(F)F)c1)CC3. The molecule has 1 aromatic heterocycles. The second-order valence-corrected chi connectivity index (χ2v) is 7.87. The van der Waals surface area contributed by atoms with Crippen LogP contribution in [0.1, 0.15) is 27.3 Å². The van der Waals surface area contributed by atoms with Crippen molar-refractivity contribution >= 4 is 29.2 Å². The van der Waals surface area contributed by atoms with Crippen LogP contribution in [0.5, 0.6) is 0 Å². The van der Waals surface area contributed by atoms with E-state index in [4.69, 9.17) is 16.4 Å². The number of aliphatic hydroxyl groups excluding tert-OH is 1. The van der Waals surface area contributed by atoms with Crippen LogP contribution < -0.4 is 5.32 Å². The molecule has 0 saturated heterocycles. The molecule has 3 amide bonds. The van der Waals surface area contributed by atoms with Crippen LogP contribution in [0.15, 0.2) is 18.2 Å². The zero-order chi connectivity index (χ0) is 23.2. The van der Waals surface area contributed by atoms with E-state index in [9.17, 15) is 27.9 Å². The molecule has 2 aromatic rings. The van der Waals surface area contributed by atoms with Crippen molar-refractivity contribution in [2.45, 2.75) is 31.8 Å². The number of aromatic nitrogens is 2. The van der Waals surface area contributed by atoms with E-state index in [-0.39, 0.29) is 37.6 Å². The number of alkyl halides is 3. The van der Waals surface area contributed by atoms with Gasteiger partial charge in [-0.05, 0) is 18.2 Å². The quantitative estimate of drug-likeness (QED) is 0.698. The number of hydroxylamine groups is 2. The number of anilines is 1. The van der Waals surface area contributed by atoms with Crippen molar-refractivity contribution in [2.75, 3.05) is 25.5 Å². The number of hydrogen-bond acceptors (Lipinski definition) is 5. The number of amides is 3. The van der Waals surface area contributed by atoms with E-state index in [1.807, 2.05) is 0 Å². The number of hydrogen-bond donors (Lipinski definition) is 2. The molecule has 2 aliphatic heterocycles. The lowest BCUT2D eigenvalue weighted by atomic mass is 10.1. The molecule has 4 rings (SSSR count).